The summed E-state index contributed by atoms with van der Waals surface area (Å²) in [5, 5.41) is 0.250. The van der Waals surface area contributed by atoms with Gasteiger partial charge in [-0.15, -0.1) is 0 Å². The molecule has 0 bridgehead atoms. The zero-order valence-electron chi connectivity index (χ0n) is 7.12. The molecular formula is C8H11ClN2O. The molecule has 0 aliphatic heterocycles. The van der Waals surface area contributed by atoms with Crippen molar-refractivity contribution in [3.05, 3.63) is 27.9 Å². The minimum absolute atomic E-state index is 0.0932. The summed E-state index contributed by atoms with van der Waals surface area (Å²) in [5.41, 5.74) is -0.0932. The van der Waals surface area contributed by atoms with Crippen LogP contribution in [0.2, 0.25) is 5.15 Å². The maximum Gasteiger partial charge on any atom is 0.255 e. The van der Waals surface area contributed by atoms with Crippen molar-refractivity contribution in [3.8, 4) is 0 Å². The van der Waals surface area contributed by atoms with Crippen LogP contribution in [0.4, 0.5) is 0 Å². The van der Waals surface area contributed by atoms with E-state index in [0.717, 1.165) is 6.42 Å². The van der Waals surface area contributed by atoms with Gasteiger partial charge in [0, 0.05) is 12.1 Å². The monoisotopic (exact) mass is 186 g/mol. The molecule has 0 amide bonds. The van der Waals surface area contributed by atoms with Crippen molar-refractivity contribution in [2.24, 2.45) is 0 Å². The molecule has 0 aliphatic rings. The van der Waals surface area contributed by atoms with Gasteiger partial charge in [0.2, 0.25) is 0 Å². The van der Waals surface area contributed by atoms with Gasteiger partial charge in [-0.25, -0.2) is 4.98 Å². The zero-order chi connectivity index (χ0) is 9.14. The summed E-state index contributed by atoms with van der Waals surface area (Å²) in [4.78, 5) is 15.1. The third-order valence-electron chi connectivity index (χ3n) is 1.87. The molecule has 0 radical (unpaired) electrons. The van der Waals surface area contributed by atoms with E-state index < -0.39 is 0 Å². The van der Waals surface area contributed by atoms with Crippen LogP contribution in [0.3, 0.4) is 0 Å². The maximum atomic E-state index is 11.3. The number of hydrogen-bond donors (Lipinski definition) is 0. The van der Waals surface area contributed by atoms with E-state index in [1.54, 1.807) is 4.57 Å². The molecule has 1 atom stereocenters. The predicted molar refractivity (Wildman–Crippen MR) is 48.5 cm³/mol. The van der Waals surface area contributed by atoms with Crippen LogP contribution in [0.5, 0.6) is 0 Å². The van der Waals surface area contributed by atoms with Gasteiger partial charge in [-0.3, -0.25) is 9.36 Å². The molecule has 0 saturated heterocycles. The lowest BCUT2D eigenvalue weighted by Crippen LogP contribution is -2.22. The molecule has 1 aromatic rings. The zero-order valence-corrected chi connectivity index (χ0v) is 7.88. The molecule has 1 aromatic heterocycles. The minimum Gasteiger partial charge on any atom is -0.296 e. The quantitative estimate of drug-likeness (QED) is 0.661. The number of rotatable bonds is 2. The van der Waals surface area contributed by atoms with Gasteiger partial charge in [-0.2, -0.15) is 0 Å². The van der Waals surface area contributed by atoms with E-state index in [9.17, 15) is 4.79 Å². The molecule has 66 valence electrons. The van der Waals surface area contributed by atoms with Crippen molar-refractivity contribution in [1.82, 2.24) is 9.55 Å². The van der Waals surface area contributed by atoms with Crippen LogP contribution in [0.25, 0.3) is 0 Å². The Balaban J connectivity index is 3.10. The standard InChI is InChI=1S/C8H11ClN2O/c1-3-6(2)11-5-10-7(9)4-8(11)12/h4-6H,3H2,1-2H3. The number of hydrogen-bond acceptors (Lipinski definition) is 2. The Labute approximate surface area is 76.0 Å². The Morgan fingerprint density at radius 3 is 2.92 bits per heavy atom. The smallest absolute Gasteiger partial charge is 0.255 e. The minimum atomic E-state index is -0.0932. The molecule has 4 heteroatoms. The Bertz CT molecular complexity index is 321. The van der Waals surface area contributed by atoms with Crippen molar-refractivity contribution in [1.29, 1.82) is 0 Å². The summed E-state index contributed by atoms with van der Waals surface area (Å²) in [6, 6.07) is 1.51. The van der Waals surface area contributed by atoms with Crippen molar-refractivity contribution in [3.63, 3.8) is 0 Å². The van der Waals surface area contributed by atoms with Gasteiger partial charge in [-0.1, -0.05) is 18.5 Å². The molecular weight excluding hydrogens is 176 g/mol. The SMILES string of the molecule is CCC(C)n1cnc(Cl)cc1=O. The molecule has 0 N–H and O–H groups in total. The summed E-state index contributed by atoms with van der Waals surface area (Å²) in [6.07, 6.45) is 2.39. The highest BCUT2D eigenvalue weighted by Crippen LogP contribution is 2.06. The summed E-state index contributed by atoms with van der Waals surface area (Å²) in [5.74, 6) is 0. The number of halogens is 1. The number of nitrogens with zero attached hydrogens (tertiary/aromatic N) is 2. The highest BCUT2D eigenvalue weighted by atomic mass is 35.5. The van der Waals surface area contributed by atoms with E-state index in [1.807, 2.05) is 13.8 Å². The lowest BCUT2D eigenvalue weighted by molar-refractivity contribution is 0.506. The summed E-state index contributed by atoms with van der Waals surface area (Å²) in [6.45, 7) is 3.99. The van der Waals surface area contributed by atoms with Crippen LogP contribution in [0.1, 0.15) is 26.3 Å². The van der Waals surface area contributed by atoms with Crippen LogP contribution < -0.4 is 5.56 Å². The fourth-order valence-electron chi connectivity index (χ4n) is 0.916. The average Bonchev–Trinajstić information content (AvgIpc) is 2.03. The van der Waals surface area contributed by atoms with E-state index in [1.165, 1.54) is 12.4 Å². The Kier molecular flexibility index (Phi) is 2.87. The third kappa shape index (κ3) is 1.85. The first-order valence-corrected chi connectivity index (χ1v) is 4.26. The van der Waals surface area contributed by atoms with Crippen LogP contribution in [0.15, 0.2) is 17.2 Å². The van der Waals surface area contributed by atoms with Gasteiger partial charge < -0.3 is 0 Å². The molecule has 0 aromatic carbocycles. The number of aromatic nitrogens is 2. The van der Waals surface area contributed by atoms with Crippen molar-refractivity contribution in [2.75, 3.05) is 0 Å². The first kappa shape index (κ1) is 9.26. The highest BCUT2D eigenvalue weighted by Gasteiger charge is 2.03. The summed E-state index contributed by atoms with van der Waals surface area (Å²) >= 11 is 5.54. The summed E-state index contributed by atoms with van der Waals surface area (Å²) < 4.78 is 1.58. The third-order valence-corrected chi connectivity index (χ3v) is 2.07. The van der Waals surface area contributed by atoms with Gasteiger partial charge in [0.1, 0.15) is 5.15 Å². The van der Waals surface area contributed by atoms with E-state index in [0.29, 0.717) is 0 Å². The first-order valence-electron chi connectivity index (χ1n) is 3.88. The first-order chi connectivity index (χ1) is 5.65. The fraction of sp³-hybridized carbons (Fsp3) is 0.500. The van der Waals surface area contributed by atoms with E-state index >= 15 is 0 Å². The Morgan fingerprint density at radius 1 is 1.75 bits per heavy atom. The molecule has 12 heavy (non-hydrogen) atoms. The fourth-order valence-corrected chi connectivity index (χ4v) is 1.05. The lowest BCUT2D eigenvalue weighted by Gasteiger charge is -2.10. The van der Waals surface area contributed by atoms with E-state index in [2.05, 4.69) is 4.98 Å². The molecule has 1 heterocycles. The van der Waals surface area contributed by atoms with Gasteiger partial charge >= 0.3 is 0 Å². The Morgan fingerprint density at radius 2 is 2.42 bits per heavy atom. The predicted octanol–water partition coefficient (Wildman–Crippen LogP) is 1.87. The van der Waals surface area contributed by atoms with Crippen LogP contribution >= 0.6 is 11.6 Å². The van der Waals surface area contributed by atoms with Gasteiger partial charge in [0.15, 0.2) is 0 Å². The highest BCUT2D eigenvalue weighted by molar-refractivity contribution is 6.29. The van der Waals surface area contributed by atoms with Crippen LogP contribution in [-0.4, -0.2) is 9.55 Å². The molecule has 3 nitrogen and oxygen atoms in total. The second-order valence-corrected chi connectivity index (χ2v) is 3.10. The Hall–Kier alpha value is -0.830. The lowest BCUT2D eigenvalue weighted by atomic mass is 10.2. The normalized spacial score (nSPS) is 12.9. The van der Waals surface area contributed by atoms with E-state index in [-0.39, 0.29) is 16.8 Å². The van der Waals surface area contributed by atoms with Crippen molar-refractivity contribution >= 4 is 11.6 Å². The van der Waals surface area contributed by atoms with Crippen LogP contribution in [-0.2, 0) is 0 Å². The van der Waals surface area contributed by atoms with E-state index in [4.69, 9.17) is 11.6 Å². The van der Waals surface area contributed by atoms with Crippen molar-refractivity contribution < 1.29 is 0 Å². The molecule has 0 aliphatic carbocycles. The molecule has 0 fully saturated rings. The molecule has 1 rings (SSSR count). The average molecular weight is 187 g/mol. The topological polar surface area (TPSA) is 34.9 Å². The maximum absolute atomic E-state index is 11.3. The summed E-state index contributed by atoms with van der Waals surface area (Å²) in [7, 11) is 0. The molecule has 1 unspecified atom stereocenters. The molecule has 0 spiro atoms. The molecule has 0 saturated carbocycles. The van der Waals surface area contributed by atoms with Crippen LogP contribution in [0, 0.1) is 0 Å². The largest absolute Gasteiger partial charge is 0.296 e. The second kappa shape index (κ2) is 3.72. The van der Waals surface area contributed by atoms with Gasteiger partial charge in [0.05, 0.1) is 6.33 Å². The van der Waals surface area contributed by atoms with Crippen molar-refractivity contribution in [2.45, 2.75) is 26.3 Å². The second-order valence-electron chi connectivity index (χ2n) is 2.71. The van der Waals surface area contributed by atoms with Gasteiger partial charge in [0.25, 0.3) is 5.56 Å². The van der Waals surface area contributed by atoms with Gasteiger partial charge in [-0.05, 0) is 13.3 Å².